The van der Waals surface area contributed by atoms with Crippen molar-refractivity contribution in [2.45, 2.75) is 19.3 Å². The van der Waals surface area contributed by atoms with Gasteiger partial charge in [-0.25, -0.2) is 9.97 Å². The fraction of sp³-hybridized carbons (Fsp3) is 0.208. The third kappa shape index (κ3) is 3.89. The first-order valence-corrected chi connectivity index (χ1v) is 10.7. The summed E-state index contributed by atoms with van der Waals surface area (Å²) in [5.41, 5.74) is 13.7. The number of aryl methyl sites for hydroxylation is 4. The molecule has 9 heteroatoms. The zero-order valence-electron chi connectivity index (χ0n) is 18.6. The van der Waals surface area contributed by atoms with Crippen LogP contribution in [0, 0.1) is 5.41 Å². The lowest BCUT2D eigenvalue weighted by molar-refractivity contribution is 0.705. The summed E-state index contributed by atoms with van der Waals surface area (Å²) in [6.45, 7) is 0. The molecule has 0 aliphatic heterocycles. The van der Waals surface area contributed by atoms with E-state index in [9.17, 15) is 0 Å². The van der Waals surface area contributed by atoms with Gasteiger partial charge in [0.15, 0.2) is 5.82 Å². The maximum atomic E-state index is 7.59. The van der Waals surface area contributed by atoms with Crippen LogP contribution < -0.4 is 11.1 Å². The number of nitrogens with two attached hydrogens (primary N) is 1. The Labute approximate surface area is 191 Å². The number of aromatic nitrogens is 6. The molecule has 1 aromatic carbocycles. The van der Waals surface area contributed by atoms with Crippen LogP contribution in [0.3, 0.4) is 0 Å². The number of nitrogens with zero attached hydrogens (tertiary/aromatic N) is 6. The minimum absolute atomic E-state index is 0.515. The summed E-state index contributed by atoms with van der Waals surface area (Å²) in [5, 5.41) is 19.9. The average molecular weight is 440 g/mol. The molecule has 5 rings (SSSR count). The van der Waals surface area contributed by atoms with Crippen molar-refractivity contribution in [3.63, 3.8) is 0 Å². The maximum absolute atomic E-state index is 7.59. The Morgan fingerprint density at radius 3 is 2.85 bits per heavy atom. The minimum atomic E-state index is 0.515. The molecule has 0 atom stereocenters. The molecular weight excluding hydrogens is 414 g/mol. The summed E-state index contributed by atoms with van der Waals surface area (Å²) >= 11 is 0. The van der Waals surface area contributed by atoms with E-state index in [0.29, 0.717) is 23.8 Å². The summed E-state index contributed by atoms with van der Waals surface area (Å²) < 4.78 is 3.69. The number of fused-ring (bicyclic) bond motifs is 3. The highest BCUT2D eigenvalue weighted by Gasteiger charge is 2.26. The molecule has 0 saturated carbocycles. The van der Waals surface area contributed by atoms with Crippen molar-refractivity contribution < 1.29 is 0 Å². The average Bonchev–Trinajstić information content (AvgIpc) is 3.37. The van der Waals surface area contributed by atoms with Gasteiger partial charge < -0.3 is 16.5 Å². The molecule has 0 bridgehead atoms. The highest BCUT2D eigenvalue weighted by atomic mass is 15.3. The summed E-state index contributed by atoms with van der Waals surface area (Å²) in [6.07, 6.45) is 8.92. The van der Waals surface area contributed by atoms with Gasteiger partial charge in [-0.05, 0) is 29.5 Å². The van der Waals surface area contributed by atoms with Gasteiger partial charge in [0.2, 0.25) is 5.95 Å². The van der Waals surface area contributed by atoms with Crippen LogP contribution in [0.4, 0.5) is 11.8 Å². The zero-order valence-corrected chi connectivity index (χ0v) is 18.6. The lowest BCUT2D eigenvalue weighted by atomic mass is 9.91. The molecule has 0 spiro atoms. The first-order valence-electron chi connectivity index (χ1n) is 10.7. The van der Waals surface area contributed by atoms with Crippen LogP contribution in [0.25, 0.3) is 16.8 Å². The van der Waals surface area contributed by atoms with E-state index in [2.05, 4.69) is 27.5 Å². The van der Waals surface area contributed by atoms with Crippen molar-refractivity contribution in [2.75, 3.05) is 5.32 Å². The van der Waals surface area contributed by atoms with Gasteiger partial charge in [0.05, 0.1) is 17.1 Å². The number of allylic oxidation sites excluding steroid dienone is 1. The van der Waals surface area contributed by atoms with Crippen molar-refractivity contribution in [1.29, 1.82) is 5.41 Å². The van der Waals surface area contributed by atoms with Crippen LogP contribution in [0.5, 0.6) is 0 Å². The number of rotatable bonds is 6. The molecular formula is C24H25N9. The number of anilines is 2. The fourth-order valence-electron chi connectivity index (χ4n) is 4.27. The molecule has 1 aliphatic rings. The molecule has 1 aliphatic carbocycles. The summed E-state index contributed by atoms with van der Waals surface area (Å²) in [7, 11) is 3.85. The molecule has 4 N–H and O–H groups in total. The molecule has 33 heavy (non-hydrogen) atoms. The molecule has 0 fully saturated rings. The number of nitrogens with one attached hydrogen (secondary N) is 2. The molecule has 3 aromatic heterocycles. The smallest absolute Gasteiger partial charge is 0.228 e. The third-order valence-corrected chi connectivity index (χ3v) is 5.89. The van der Waals surface area contributed by atoms with Gasteiger partial charge in [-0.2, -0.15) is 10.2 Å². The molecule has 3 heterocycles. The van der Waals surface area contributed by atoms with E-state index in [1.54, 1.807) is 4.68 Å². The Bertz CT molecular complexity index is 1380. The van der Waals surface area contributed by atoms with Crippen LogP contribution >= 0.6 is 0 Å². The summed E-state index contributed by atoms with van der Waals surface area (Å²) in [4.78, 5) is 9.37. The van der Waals surface area contributed by atoms with E-state index in [1.807, 2.05) is 49.4 Å². The molecule has 0 unspecified atom stereocenters. The lowest BCUT2D eigenvalue weighted by Gasteiger charge is -2.17. The van der Waals surface area contributed by atoms with Gasteiger partial charge in [0, 0.05) is 62.5 Å². The van der Waals surface area contributed by atoms with E-state index in [0.717, 1.165) is 52.2 Å². The van der Waals surface area contributed by atoms with Crippen LogP contribution in [-0.4, -0.2) is 35.7 Å². The van der Waals surface area contributed by atoms with Gasteiger partial charge >= 0.3 is 0 Å². The Balaban J connectivity index is 1.53. The molecule has 0 amide bonds. The molecule has 166 valence electrons. The normalized spacial score (nSPS) is 12.8. The Hall–Kier alpha value is -4.27. The predicted octanol–water partition coefficient (Wildman–Crippen LogP) is 2.99. The first-order chi connectivity index (χ1) is 16.1. The zero-order chi connectivity index (χ0) is 22.9. The van der Waals surface area contributed by atoms with Crippen LogP contribution in [0.1, 0.15) is 28.1 Å². The van der Waals surface area contributed by atoms with Gasteiger partial charge in [-0.15, -0.1) is 0 Å². The second-order valence-corrected chi connectivity index (χ2v) is 8.10. The van der Waals surface area contributed by atoms with E-state index >= 15 is 0 Å². The van der Waals surface area contributed by atoms with Crippen molar-refractivity contribution in [2.24, 2.45) is 19.8 Å². The van der Waals surface area contributed by atoms with Gasteiger partial charge in [-0.1, -0.05) is 24.3 Å². The van der Waals surface area contributed by atoms with Crippen LogP contribution in [0.15, 0.2) is 48.9 Å². The largest absolute Gasteiger partial charge is 0.404 e. The second kappa shape index (κ2) is 8.34. The van der Waals surface area contributed by atoms with E-state index in [4.69, 9.17) is 21.2 Å². The van der Waals surface area contributed by atoms with E-state index in [1.165, 1.54) is 12.4 Å². The first kappa shape index (κ1) is 20.6. The van der Waals surface area contributed by atoms with Gasteiger partial charge in [0.25, 0.3) is 0 Å². The Kier molecular flexibility index (Phi) is 5.21. The predicted molar refractivity (Wildman–Crippen MR) is 128 cm³/mol. The van der Waals surface area contributed by atoms with E-state index in [-0.39, 0.29) is 0 Å². The lowest BCUT2D eigenvalue weighted by Crippen LogP contribution is -2.09. The quantitative estimate of drug-likeness (QED) is 0.397. The number of hydrogen-bond donors (Lipinski definition) is 3. The summed E-state index contributed by atoms with van der Waals surface area (Å²) in [6, 6.07) is 9.99. The van der Waals surface area contributed by atoms with Crippen molar-refractivity contribution in [3.8, 4) is 11.3 Å². The summed E-state index contributed by atoms with van der Waals surface area (Å²) in [5.74, 6) is 1.22. The van der Waals surface area contributed by atoms with Crippen molar-refractivity contribution in [3.05, 3.63) is 77.0 Å². The molecule has 4 aromatic rings. The maximum Gasteiger partial charge on any atom is 0.228 e. The Morgan fingerprint density at radius 2 is 2.09 bits per heavy atom. The minimum Gasteiger partial charge on any atom is -0.404 e. The van der Waals surface area contributed by atoms with Crippen LogP contribution in [0.2, 0.25) is 0 Å². The molecule has 9 nitrogen and oxygen atoms in total. The second-order valence-electron chi connectivity index (χ2n) is 8.10. The third-order valence-electron chi connectivity index (χ3n) is 5.89. The number of benzene rings is 1. The standard InChI is InChI=1S/C24H25N9/c1-32-9-8-21(31-32)28-24-27-14-17-6-7-19-22(23(17)29-24)20(33(2)30-19)11-15-4-3-5-16(10-15)18(12-25)13-26/h3-5,8-10,12-14,25H,6-7,11,26H2,1-2H3,(H,27,28,29,31)/b18-13+,25-12?. The molecule has 0 saturated heterocycles. The van der Waals surface area contributed by atoms with E-state index < -0.39 is 0 Å². The van der Waals surface area contributed by atoms with Crippen molar-refractivity contribution in [1.82, 2.24) is 29.5 Å². The monoisotopic (exact) mass is 439 g/mol. The SMILES string of the molecule is Cn1ccc(Nc2ncc3c(n2)-c2c(nn(C)c2Cc2cccc(/C(C=N)=C/N)c2)CC3)n1. The topological polar surface area (TPSA) is 123 Å². The van der Waals surface area contributed by atoms with Crippen LogP contribution in [-0.2, 0) is 33.4 Å². The fourth-order valence-corrected chi connectivity index (χ4v) is 4.27. The van der Waals surface area contributed by atoms with Crippen molar-refractivity contribution >= 4 is 23.6 Å². The number of hydrogen-bond acceptors (Lipinski definition) is 7. The highest BCUT2D eigenvalue weighted by molar-refractivity contribution is 6.08. The Morgan fingerprint density at radius 1 is 1.21 bits per heavy atom. The van der Waals surface area contributed by atoms with Gasteiger partial charge in [-0.3, -0.25) is 9.36 Å². The van der Waals surface area contributed by atoms with Gasteiger partial charge in [0.1, 0.15) is 0 Å². The molecule has 0 radical (unpaired) electrons. The highest BCUT2D eigenvalue weighted by Crippen LogP contribution is 2.36.